The maximum Gasteiger partial charge on any atom is 0.321 e. The van der Waals surface area contributed by atoms with Crippen LogP contribution >= 0.6 is 0 Å². The molecule has 0 aliphatic heterocycles. The van der Waals surface area contributed by atoms with Crippen molar-refractivity contribution in [3.8, 4) is 0 Å². The molecule has 8 nitrogen and oxygen atoms in total. The average molecular weight is 414 g/mol. The number of hydrogen-bond acceptors (Lipinski definition) is 7. The summed E-state index contributed by atoms with van der Waals surface area (Å²) in [5.41, 5.74) is 12.8. The van der Waals surface area contributed by atoms with Crippen LogP contribution in [-0.2, 0) is 37.1 Å². The molecule has 2 aromatic rings. The number of carboxylic acid groups (broad SMARTS) is 1. The monoisotopic (exact) mass is 414 g/mol. The summed E-state index contributed by atoms with van der Waals surface area (Å²) in [6.07, 6.45) is 0.0275. The number of ether oxygens (including phenoxy) is 2. The van der Waals surface area contributed by atoms with Crippen molar-refractivity contribution in [1.82, 2.24) is 0 Å². The Bertz CT molecular complexity index is 828. The van der Waals surface area contributed by atoms with E-state index in [0.717, 1.165) is 11.1 Å². The first-order valence-corrected chi connectivity index (χ1v) is 9.53. The van der Waals surface area contributed by atoms with E-state index in [1.165, 1.54) is 0 Å². The third-order valence-corrected chi connectivity index (χ3v) is 4.61. The lowest BCUT2D eigenvalue weighted by atomic mass is 9.84. The number of carbonyl (C=O) groups excluding carboxylic acids is 2. The van der Waals surface area contributed by atoms with Gasteiger partial charge in [0.1, 0.15) is 19.3 Å². The molecular formula is C22H26N2O6. The van der Waals surface area contributed by atoms with Crippen molar-refractivity contribution in [2.45, 2.75) is 25.7 Å². The first-order chi connectivity index (χ1) is 14.4. The molecule has 160 valence electrons. The molecule has 30 heavy (non-hydrogen) atoms. The van der Waals surface area contributed by atoms with Gasteiger partial charge in [0.05, 0.1) is 11.8 Å². The van der Waals surface area contributed by atoms with Gasteiger partial charge in [-0.2, -0.15) is 0 Å². The van der Waals surface area contributed by atoms with E-state index in [-0.39, 0.29) is 26.2 Å². The molecule has 0 amide bonds. The molecule has 2 aromatic carbocycles. The smallest absolute Gasteiger partial charge is 0.321 e. The quantitative estimate of drug-likeness (QED) is 0.469. The number of carboxylic acids is 1. The molecule has 0 bridgehead atoms. The van der Waals surface area contributed by atoms with E-state index in [1.54, 1.807) is 48.5 Å². The van der Waals surface area contributed by atoms with E-state index in [0.29, 0.717) is 0 Å². The van der Waals surface area contributed by atoms with E-state index < -0.39 is 35.8 Å². The molecule has 8 heteroatoms. The zero-order valence-electron chi connectivity index (χ0n) is 16.5. The lowest BCUT2D eigenvalue weighted by molar-refractivity contribution is -0.166. The first-order valence-electron chi connectivity index (χ1n) is 9.53. The van der Waals surface area contributed by atoms with Gasteiger partial charge in [-0.1, -0.05) is 60.7 Å². The fourth-order valence-corrected chi connectivity index (χ4v) is 3.00. The van der Waals surface area contributed by atoms with Crippen LogP contribution in [0.25, 0.3) is 0 Å². The highest BCUT2D eigenvalue weighted by molar-refractivity contribution is 5.88. The molecular weight excluding hydrogens is 388 g/mol. The molecule has 3 atom stereocenters. The summed E-state index contributed by atoms with van der Waals surface area (Å²) < 4.78 is 10.6. The molecule has 0 aromatic heterocycles. The molecule has 0 aliphatic carbocycles. The second-order valence-corrected chi connectivity index (χ2v) is 6.76. The highest BCUT2D eigenvalue weighted by atomic mass is 16.5. The SMILES string of the molecule is NCCC(C(=O)OCc1ccccc1)C(C(=O)OCc1ccccc1)C(N)C(=O)O. The van der Waals surface area contributed by atoms with Crippen LogP contribution in [0, 0.1) is 11.8 Å². The molecule has 0 radical (unpaired) electrons. The molecule has 0 fully saturated rings. The number of nitrogens with two attached hydrogens (primary N) is 2. The predicted octanol–water partition coefficient (Wildman–Crippen LogP) is 1.47. The normalized spacial score (nSPS) is 13.7. The van der Waals surface area contributed by atoms with Crippen LogP contribution in [0.15, 0.2) is 60.7 Å². The highest BCUT2D eigenvalue weighted by Crippen LogP contribution is 2.24. The summed E-state index contributed by atoms with van der Waals surface area (Å²) in [7, 11) is 0. The molecule has 2 rings (SSSR count). The number of carbonyl (C=O) groups is 3. The number of hydrogen-bond donors (Lipinski definition) is 3. The largest absolute Gasteiger partial charge is 0.480 e. The van der Waals surface area contributed by atoms with Gasteiger partial charge < -0.3 is 26.0 Å². The van der Waals surface area contributed by atoms with Gasteiger partial charge in [0.15, 0.2) is 0 Å². The summed E-state index contributed by atoms with van der Waals surface area (Å²) in [4.78, 5) is 37.0. The van der Waals surface area contributed by atoms with Crippen LogP contribution in [0.3, 0.4) is 0 Å². The average Bonchev–Trinajstić information content (AvgIpc) is 2.76. The summed E-state index contributed by atoms with van der Waals surface area (Å²) in [6, 6.07) is 16.2. The van der Waals surface area contributed by atoms with Crippen molar-refractivity contribution < 1.29 is 29.0 Å². The van der Waals surface area contributed by atoms with Crippen molar-refractivity contribution in [3.63, 3.8) is 0 Å². The van der Waals surface area contributed by atoms with Crippen LogP contribution in [0.1, 0.15) is 17.5 Å². The fourth-order valence-electron chi connectivity index (χ4n) is 3.00. The van der Waals surface area contributed by atoms with Crippen molar-refractivity contribution in [1.29, 1.82) is 0 Å². The summed E-state index contributed by atoms with van der Waals surface area (Å²) in [6.45, 7) is -0.0499. The van der Waals surface area contributed by atoms with Crippen LogP contribution in [0.4, 0.5) is 0 Å². The standard InChI is InChI=1S/C22H26N2O6/c23-12-11-17(21(27)29-13-15-7-3-1-4-8-15)18(19(24)20(25)26)22(28)30-14-16-9-5-2-6-10-16/h1-10,17-19H,11-14,23-24H2,(H,25,26). The summed E-state index contributed by atoms with van der Waals surface area (Å²) >= 11 is 0. The molecule has 0 saturated heterocycles. The number of benzene rings is 2. The second-order valence-electron chi connectivity index (χ2n) is 6.76. The Morgan fingerprint density at radius 3 is 1.73 bits per heavy atom. The Hall–Kier alpha value is -3.23. The maximum atomic E-state index is 12.7. The summed E-state index contributed by atoms with van der Waals surface area (Å²) in [5.74, 6) is -5.63. The second kappa shape index (κ2) is 11.7. The number of esters is 2. The fraction of sp³-hybridized carbons (Fsp3) is 0.318. The van der Waals surface area contributed by atoms with Crippen molar-refractivity contribution in [3.05, 3.63) is 71.8 Å². The van der Waals surface area contributed by atoms with Gasteiger partial charge in [0, 0.05) is 0 Å². The topological polar surface area (TPSA) is 142 Å². The lowest BCUT2D eigenvalue weighted by Gasteiger charge is -2.26. The van der Waals surface area contributed by atoms with Crippen LogP contribution in [0.2, 0.25) is 0 Å². The first kappa shape index (κ1) is 23.1. The molecule has 3 unspecified atom stereocenters. The molecule has 0 spiro atoms. The Kier molecular flexibility index (Phi) is 8.99. The van der Waals surface area contributed by atoms with E-state index in [1.807, 2.05) is 12.1 Å². The zero-order chi connectivity index (χ0) is 21.9. The van der Waals surface area contributed by atoms with Crippen molar-refractivity contribution in [2.24, 2.45) is 23.3 Å². The van der Waals surface area contributed by atoms with Crippen molar-refractivity contribution in [2.75, 3.05) is 6.54 Å². The third-order valence-electron chi connectivity index (χ3n) is 4.61. The third kappa shape index (κ3) is 6.68. The summed E-state index contributed by atoms with van der Waals surface area (Å²) in [5, 5.41) is 9.38. The predicted molar refractivity (Wildman–Crippen MR) is 109 cm³/mol. The van der Waals surface area contributed by atoms with E-state index in [2.05, 4.69) is 0 Å². The van der Waals surface area contributed by atoms with Gasteiger partial charge in [-0.05, 0) is 24.1 Å². The van der Waals surface area contributed by atoms with Gasteiger partial charge in [-0.25, -0.2) is 0 Å². The van der Waals surface area contributed by atoms with E-state index >= 15 is 0 Å². The Morgan fingerprint density at radius 2 is 1.30 bits per heavy atom. The molecule has 0 heterocycles. The minimum absolute atomic E-state index is 0.0190. The number of aliphatic carboxylic acids is 1. The lowest BCUT2D eigenvalue weighted by Crippen LogP contribution is -2.49. The maximum absolute atomic E-state index is 12.7. The molecule has 0 aliphatic rings. The van der Waals surface area contributed by atoms with Crippen LogP contribution in [-0.4, -0.2) is 35.6 Å². The zero-order valence-corrected chi connectivity index (χ0v) is 16.5. The van der Waals surface area contributed by atoms with E-state index in [9.17, 15) is 19.5 Å². The van der Waals surface area contributed by atoms with Crippen LogP contribution in [0.5, 0.6) is 0 Å². The van der Waals surface area contributed by atoms with Gasteiger partial charge in [-0.15, -0.1) is 0 Å². The van der Waals surface area contributed by atoms with Gasteiger partial charge in [-0.3, -0.25) is 14.4 Å². The Labute approximate surface area is 174 Å². The number of rotatable bonds is 11. The van der Waals surface area contributed by atoms with Gasteiger partial charge in [0.25, 0.3) is 0 Å². The van der Waals surface area contributed by atoms with E-state index in [4.69, 9.17) is 20.9 Å². The van der Waals surface area contributed by atoms with Gasteiger partial charge in [0.2, 0.25) is 0 Å². The molecule has 5 N–H and O–H groups in total. The Morgan fingerprint density at radius 1 is 0.833 bits per heavy atom. The minimum Gasteiger partial charge on any atom is -0.480 e. The highest BCUT2D eigenvalue weighted by Gasteiger charge is 2.42. The molecule has 0 saturated carbocycles. The van der Waals surface area contributed by atoms with Gasteiger partial charge >= 0.3 is 17.9 Å². The van der Waals surface area contributed by atoms with Crippen LogP contribution < -0.4 is 11.5 Å². The van der Waals surface area contributed by atoms with Crippen molar-refractivity contribution >= 4 is 17.9 Å². The minimum atomic E-state index is -1.64. The Balaban J connectivity index is 2.15.